The molecule has 0 unspecified atom stereocenters. The van der Waals surface area contributed by atoms with Gasteiger partial charge < -0.3 is 0 Å². The summed E-state index contributed by atoms with van der Waals surface area (Å²) < 4.78 is 1.58. The number of nitro benzene ring substituents is 1. The molecule has 20 heavy (non-hydrogen) atoms. The second-order valence-corrected chi connectivity index (χ2v) is 5.16. The lowest BCUT2D eigenvalue weighted by Crippen LogP contribution is -2.04. The van der Waals surface area contributed by atoms with Crippen molar-refractivity contribution >= 4 is 17.4 Å². The topological polar surface area (TPSA) is 111 Å². The fourth-order valence-electron chi connectivity index (χ4n) is 1.49. The third kappa shape index (κ3) is 2.75. The molecule has 0 atom stereocenters. The molecule has 102 valence electrons. The molecule has 1 aromatic heterocycles. The number of hydrogen-bond donors (Lipinski definition) is 0. The van der Waals surface area contributed by atoms with E-state index in [2.05, 4.69) is 15.5 Å². The van der Waals surface area contributed by atoms with Gasteiger partial charge in [0.05, 0.1) is 27.5 Å². The van der Waals surface area contributed by atoms with Crippen LogP contribution >= 0.6 is 11.8 Å². The normalized spacial score (nSPS) is 10.5. The minimum Gasteiger partial charge on any atom is -0.258 e. The lowest BCUT2D eigenvalue weighted by molar-refractivity contribution is -0.387. The highest BCUT2D eigenvalue weighted by molar-refractivity contribution is 7.99. The van der Waals surface area contributed by atoms with E-state index in [0.29, 0.717) is 10.1 Å². The molecule has 0 radical (unpaired) electrons. The van der Waals surface area contributed by atoms with Crippen LogP contribution in [0.5, 0.6) is 0 Å². The first-order chi connectivity index (χ1) is 9.52. The number of tetrazole rings is 1. The number of aromatic nitrogens is 4. The largest absolute Gasteiger partial charge is 0.284 e. The Hall–Kier alpha value is -2.47. The van der Waals surface area contributed by atoms with E-state index in [1.807, 2.05) is 19.9 Å². The summed E-state index contributed by atoms with van der Waals surface area (Å²) >= 11 is 1.10. The van der Waals surface area contributed by atoms with Gasteiger partial charge in [0, 0.05) is 6.07 Å². The van der Waals surface area contributed by atoms with E-state index in [4.69, 9.17) is 5.26 Å². The van der Waals surface area contributed by atoms with Crippen molar-refractivity contribution in [3.8, 4) is 6.07 Å². The molecular weight excluding hydrogens is 280 g/mol. The average Bonchev–Trinajstić information content (AvgIpc) is 2.87. The summed E-state index contributed by atoms with van der Waals surface area (Å²) in [7, 11) is 0. The summed E-state index contributed by atoms with van der Waals surface area (Å²) in [6, 6.07) is 6.22. The number of nitro groups is 1. The van der Waals surface area contributed by atoms with Gasteiger partial charge in [-0.3, -0.25) is 10.1 Å². The summed E-state index contributed by atoms with van der Waals surface area (Å²) in [4.78, 5) is 10.9. The summed E-state index contributed by atoms with van der Waals surface area (Å²) in [5, 5.41) is 31.6. The van der Waals surface area contributed by atoms with Crippen LogP contribution in [0.15, 0.2) is 28.3 Å². The van der Waals surface area contributed by atoms with Crippen LogP contribution in [0.3, 0.4) is 0 Å². The SMILES string of the molecule is CC(C)n1nnnc1Sc1ccc(C#N)cc1[N+](=O)[O-]. The Morgan fingerprint density at radius 3 is 2.85 bits per heavy atom. The molecule has 1 heterocycles. The zero-order valence-electron chi connectivity index (χ0n) is 10.7. The Bertz CT molecular complexity index is 690. The molecule has 0 aliphatic heterocycles. The van der Waals surface area contributed by atoms with E-state index in [1.54, 1.807) is 4.68 Å². The third-order valence-corrected chi connectivity index (χ3v) is 3.45. The molecule has 1 aromatic carbocycles. The summed E-state index contributed by atoms with van der Waals surface area (Å²) in [6.45, 7) is 3.82. The fraction of sp³-hybridized carbons (Fsp3) is 0.273. The maximum Gasteiger partial charge on any atom is 0.284 e. The van der Waals surface area contributed by atoms with Crippen LogP contribution in [0.4, 0.5) is 5.69 Å². The molecule has 0 amide bonds. The molecule has 0 bridgehead atoms. The Labute approximate surface area is 118 Å². The monoisotopic (exact) mass is 290 g/mol. The van der Waals surface area contributed by atoms with E-state index < -0.39 is 4.92 Å². The standard InChI is InChI=1S/C11H10N6O2S/c1-7(2)16-11(13-14-15-16)20-10-4-3-8(6-12)5-9(10)17(18)19/h3-5,7H,1-2H3. The van der Waals surface area contributed by atoms with Crippen LogP contribution < -0.4 is 0 Å². The van der Waals surface area contributed by atoms with Crippen molar-refractivity contribution in [1.29, 1.82) is 5.26 Å². The van der Waals surface area contributed by atoms with Gasteiger partial charge in [0.25, 0.3) is 5.69 Å². The van der Waals surface area contributed by atoms with Gasteiger partial charge in [-0.15, -0.1) is 5.10 Å². The first-order valence-electron chi connectivity index (χ1n) is 5.67. The van der Waals surface area contributed by atoms with Crippen molar-refractivity contribution in [2.75, 3.05) is 0 Å². The van der Waals surface area contributed by atoms with Crippen molar-refractivity contribution in [2.45, 2.75) is 29.9 Å². The maximum atomic E-state index is 11.1. The summed E-state index contributed by atoms with van der Waals surface area (Å²) in [5.74, 6) is 0. The quantitative estimate of drug-likeness (QED) is 0.626. The van der Waals surface area contributed by atoms with Crippen LogP contribution in [0, 0.1) is 21.4 Å². The number of nitriles is 1. The summed E-state index contributed by atoms with van der Waals surface area (Å²) in [6.07, 6.45) is 0. The van der Waals surface area contributed by atoms with Crippen LogP contribution in [-0.4, -0.2) is 25.1 Å². The first kappa shape index (κ1) is 14.0. The molecule has 2 aromatic rings. The van der Waals surface area contributed by atoms with E-state index >= 15 is 0 Å². The van der Waals surface area contributed by atoms with Gasteiger partial charge in [-0.1, -0.05) is 0 Å². The summed E-state index contributed by atoms with van der Waals surface area (Å²) in [5.41, 5.74) is 0.108. The molecule has 0 fully saturated rings. The van der Waals surface area contributed by atoms with Crippen molar-refractivity contribution in [1.82, 2.24) is 20.2 Å². The molecule has 0 spiro atoms. The Morgan fingerprint density at radius 2 is 2.25 bits per heavy atom. The highest BCUT2D eigenvalue weighted by atomic mass is 32.2. The van der Waals surface area contributed by atoms with Crippen molar-refractivity contribution in [2.24, 2.45) is 0 Å². The van der Waals surface area contributed by atoms with Crippen LogP contribution in [0.1, 0.15) is 25.5 Å². The van der Waals surface area contributed by atoms with Crippen LogP contribution in [-0.2, 0) is 0 Å². The molecule has 2 rings (SSSR count). The average molecular weight is 290 g/mol. The molecule has 8 nitrogen and oxygen atoms in total. The van der Waals surface area contributed by atoms with Gasteiger partial charge in [0.15, 0.2) is 0 Å². The lowest BCUT2D eigenvalue weighted by atomic mass is 10.2. The van der Waals surface area contributed by atoms with Gasteiger partial charge in [-0.25, -0.2) is 4.68 Å². The molecule has 0 saturated heterocycles. The van der Waals surface area contributed by atoms with E-state index in [9.17, 15) is 10.1 Å². The zero-order chi connectivity index (χ0) is 14.7. The van der Waals surface area contributed by atoms with Gasteiger partial charge in [-0.2, -0.15) is 5.26 Å². The second-order valence-electron chi connectivity index (χ2n) is 4.15. The Balaban J connectivity index is 2.41. The van der Waals surface area contributed by atoms with Gasteiger partial charge in [-0.05, 0) is 48.2 Å². The van der Waals surface area contributed by atoms with E-state index in [-0.39, 0.29) is 17.3 Å². The van der Waals surface area contributed by atoms with Crippen molar-refractivity contribution in [3.05, 3.63) is 33.9 Å². The van der Waals surface area contributed by atoms with Gasteiger partial charge in [0.1, 0.15) is 0 Å². The molecule has 0 aliphatic carbocycles. The fourth-order valence-corrected chi connectivity index (χ4v) is 2.48. The molecule has 0 aliphatic rings. The Morgan fingerprint density at radius 1 is 1.50 bits per heavy atom. The number of rotatable bonds is 4. The highest BCUT2D eigenvalue weighted by Gasteiger charge is 2.19. The maximum absolute atomic E-state index is 11.1. The number of hydrogen-bond acceptors (Lipinski definition) is 7. The number of benzene rings is 1. The van der Waals surface area contributed by atoms with Crippen LogP contribution in [0.25, 0.3) is 0 Å². The van der Waals surface area contributed by atoms with Gasteiger partial charge >= 0.3 is 0 Å². The highest BCUT2D eigenvalue weighted by Crippen LogP contribution is 2.34. The molecule has 0 saturated carbocycles. The molecule has 9 heteroatoms. The van der Waals surface area contributed by atoms with Crippen LogP contribution in [0.2, 0.25) is 0 Å². The third-order valence-electron chi connectivity index (χ3n) is 2.44. The predicted octanol–water partition coefficient (Wildman–Crippen LogP) is 2.19. The molecule has 0 N–H and O–H groups in total. The first-order valence-corrected chi connectivity index (χ1v) is 6.49. The minimum absolute atomic E-state index is 0.0462. The number of nitrogens with zero attached hydrogens (tertiary/aromatic N) is 6. The second kappa shape index (κ2) is 5.66. The minimum atomic E-state index is -0.521. The van der Waals surface area contributed by atoms with Crippen molar-refractivity contribution in [3.63, 3.8) is 0 Å². The predicted molar refractivity (Wildman–Crippen MR) is 70.1 cm³/mol. The molecular formula is C11H10N6O2S. The van der Waals surface area contributed by atoms with E-state index in [1.165, 1.54) is 18.2 Å². The van der Waals surface area contributed by atoms with Gasteiger partial charge in [0.2, 0.25) is 5.16 Å². The zero-order valence-corrected chi connectivity index (χ0v) is 11.5. The smallest absolute Gasteiger partial charge is 0.258 e. The van der Waals surface area contributed by atoms with E-state index in [0.717, 1.165) is 11.8 Å². The Kier molecular flexibility index (Phi) is 3.95. The van der Waals surface area contributed by atoms with Crippen molar-refractivity contribution < 1.29 is 4.92 Å². The lowest BCUT2D eigenvalue weighted by Gasteiger charge is -2.07.